The molecule has 1 rings (SSSR count). The highest BCUT2D eigenvalue weighted by Crippen LogP contribution is 2.03. The second-order valence-electron chi connectivity index (χ2n) is 4.55. The number of rotatable bonds is 8. The molecule has 0 radical (unpaired) electrons. The van der Waals surface area contributed by atoms with Gasteiger partial charge in [-0.05, 0) is 26.3 Å². The van der Waals surface area contributed by atoms with Gasteiger partial charge in [-0.25, -0.2) is 4.68 Å². The van der Waals surface area contributed by atoms with Gasteiger partial charge in [0.25, 0.3) is 5.56 Å². The highest BCUT2D eigenvalue weighted by atomic mass is 16.5. The summed E-state index contributed by atoms with van der Waals surface area (Å²) in [5.74, 6) is 0.160. The maximum Gasteiger partial charge on any atom is 0.270 e. The molecular formula is C13H22N4O3. The Kier molecular flexibility index (Phi) is 6.72. The summed E-state index contributed by atoms with van der Waals surface area (Å²) in [5.41, 5.74) is 4.98. The average Bonchev–Trinajstić information content (AvgIpc) is 2.42. The molecule has 0 aliphatic rings. The number of ether oxygens (including phenoxy) is 1. The third-order valence-corrected chi connectivity index (χ3v) is 2.77. The fourth-order valence-electron chi connectivity index (χ4n) is 1.45. The summed E-state index contributed by atoms with van der Waals surface area (Å²) in [6.07, 6.45) is 2.97. The Labute approximate surface area is 118 Å². The lowest BCUT2D eigenvalue weighted by molar-refractivity contribution is -0.122. The largest absolute Gasteiger partial charge is 0.492 e. The van der Waals surface area contributed by atoms with E-state index >= 15 is 0 Å². The first-order valence-electron chi connectivity index (χ1n) is 6.76. The lowest BCUT2D eigenvalue weighted by atomic mass is 10.2. The fourth-order valence-corrected chi connectivity index (χ4v) is 1.45. The molecule has 1 amide bonds. The Hall–Kier alpha value is -1.89. The molecule has 0 bridgehead atoms. The summed E-state index contributed by atoms with van der Waals surface area (Å²) in [7, 11) is 0. The van der Waals surface area contributed by atoms with Crippen molar-refractivity contribution in [3.8, 4) is 5.75 Å². The molecule has 0 saturated carbocycles. The zero-order valence-corrected chi connectivity index (χ0v) is 12.0. The Bertz CT molecular complexity index is 487. The molecule has 20 heavy (non-hydrogen) atoms. The molecule has 1 unspecified atom stereocenters. The van der Waals surface area contributed by atoms with Crippen molar-refractivity contribution in [2.45, 2.75) is 39.3 Å². The molecule has 0 saturated heterocycles. The molecule has 1 aromatic rings. The predicted molar refractivity (Wildman–Crippen MR) is 75.6 cm³/mol. The minimum absolute atomic E-state index is 0.0806. The molecule has 1 aromatic heterocycles. The maximum atomic E-state index is 11.8. The van der Waals surface area contributed by atoms with E-state index in [1.807, 2.05) is 13.8 Å². The number of nitrogens with one attached hydrogen (secondary N) is 1. The van der Waals surface area contributed by atoms with Crippen LogP contribution in [0.5, 0.6) is 5.75 Å². The van der Waals surface area contributed by atoms with Gasteiger partial charge in [0.1, 0.15) is 12.3 Å². The number of hydrogen-bond donors (Lipinski definition) is 2. The van der Waals surface area contributed by atoms with Crippen LogP contribution in [0, 0.1) is 0 Å². The second-order valence-corrected chi connectivity index (χ2v) is 4.55. The third kappa shape index (κ3) is 5.40. The number of carbonyl (C=O) groups excluding carboxylic acids is 1. The normalized spacial score (nSPS) is 11.9. The molecule has 0 aliphatic carbocycles. The van der Waals surface area contributed by atoms with Crippen LogP contribution in [0.1, 0.15) is 26.7 Å². The smallest absolute Gasteiger partial charge is 0.270 e. The topological polar surface area (TPSA) is 99.2 Å². The van der Waals surface area contributed by atoms with Crippen molar-refractivity contribution in [2.75, 3.05) is 13.2 Å². The molecule has 0 aliphatic heterocycles. The van der Waals surface area contributed by atoms with Crippen LogP contribution in [0.25, 0.3) is 0 Å². The van der Waals surface area contributed by atoms with Gasteiger partial charge in [-0.2, -0.15) is 5.10 Å². The van der Waals surface area contributed by atoms with E-state index in [0.717, 1.165) is 11.1 Å². The standard InChI is InChI=1S/C13H22N4O3/c1-3-10(2)16-12(18)9-17-13(19)7-11(8-15-17)20-6-4-5-14/h7-8,10H,3-6,9,14H2,1-2H3,(H,16,18). The molecule has 1 heterocycles. The van der Waals surface area contributed by atoms with Gasteiger partial charge in [0.2, 0.25) is 5.91 Å². The lowest BCUT2D eigenvalue weighted by Crippen LogP contribution is -2.37. The minimum atomic E-state index is -0.366. The van der Waals surface area contributed by atoms with Gasteiger partial charge in [0.05, 0.1) is 12.8 Å². The fraction of sp³-hybridized carbons (Fsp3) is 0.615. The van der Waals surface area contributed by atoms with Gasteiger partial charge in [0, 0.05) is 12.1 Å². The first-order chi connectivity index (χ1) is 9.56. The summed E-state index contributed by atoms with van der Waals surface area (Å²) in [6.45, 7) is 4.76. The van der Waals surface area contributed by atoms with Gasteiger partial charge in [-0.1, -0.05) is 6.92 Å². The molecule has 112 valence electrons. The molecule has 0 fully saturated rings. The van der Waals surface area contributed by atoms with Crippen molar-refractivity contribution in [2.24, 2.45) is 5.73 Å². The zero-order valence-electron chi connectivity index (χ0n) is 12.0. The van der Waals surface area contributed by atoms with E-state index in [9.17, 15) is 9.59 Å². The SMILES string of the molecule is CCC(C)NC(=O)Cn1ncc(OCCCN)cc1=O. The van der Waals surface area contributed by atoms with E-state index in [4.69, 9.17) is 10.5 Å². The number of nitrogens with zero attached hydrogens (tertiary/aromatic N) is 2. The lowest BCUT2D eigenvalue weighted by Gasteiger charge is -2.12. The van der Waals surface area contributed by atoms with Crippen LogP contribution in [0.4, 0.5) is 0 Å². The van der Waals surface area contributed by atoms with E-state index in [2.05, 4.69) is 10.4 Å². The van der Waals surface area contributed by atoms with E-state index in [0.29, 0.717) is 25.3 Å². The van der Waals surface area contributed by atoms with Crippen LogP contribution < -0.4 is 21.3 Å². The minimum Gasteiger partial charge on any atom is -0.492 e. The molecule has 1 atom stereocenters. The Morgan fingerprint density at radius 3 is 2.95 bits per heavy atom. The monoisotopic (exact) mass is 282 g/mol. The summed E-state index contributed by atoms with van der Waals surface area (Å²) < 4.78 is 6.42. The van der Waals surface area contributed by atoms with E-state index < -0.39 is 0 Å². The van der Waals surface area contributed by atoms with E-state index in [1.165, 1.54) is 12.3 Å². The summed E-state index contributed by atoms with van der Waals surface area (Å²) in [4.78, 5) is 23.5. The third-order valence-electron chi connectivity index (χ3n) is 2.77. The van der Waals surface area contributed by atoms with Crippen molar-refractivity contribution >= 4 is 5.91 Å². The predicted octanol–water partition coefficient (Wildman–Crippen LogP) is -0.114. The molecular weight excluding hydrogens is 260 g/mol. The molecule has 7 heteroatoms. The van der Waals surface area contributed by atoms with Crippen LogP contribution in [0.15, 0.2) is 17.1 Å². The molecule has 7 nitrogen and oxygen atoms in total. The molecule has 0 spiro atoms. The van der Waals surface area contributed by atoms with Crippen LogP contribution in [-0.2, 0) is 11.3 Å². The first-order valence-corrected chi connectivity index (χ1v) is 6.76. The van der Waals surface area contributed by atoms with Crippen molar-refractivity contribution in [3.05, 3.63) is 22.6 Å². The van der Waals surface area contributed by atoms with Crippen molar-refractivity contribution < 1.29 is 9.53 Å². The molecule has 0 aromatic carbocycles. The Morgan fingerprint density at radius 2 is 2.35 bits per heavy atom. The Balaban J connectivity index is 2.59. The number of nitrogens with two attached hydrogens (primary N) is 1. The quantitative estimate of drug-likeness (QED) is 0.648. The number of aromatic nitrogens is 2. The average molecular weight is 282 g/mol. The van der Waals surface area contributed by atoms with Gasteiger partial charge >= 0.3 is 0 Å². The number of amides is 1. The van der Waals surface area contributed by atoms with E-state index in [-0.39, 0.29) is 24.1 Å². The highest BCUT2D eigenvalue weighted by molar-refractivity contribution is 5.75. The van der Waals surface area contributed by atoms with Crippen LogP contribution in [0.3, 0.4) is 0 Å². The van der Waals surface area contributed by atoms with E-state index in [1.54, 1.807) is 0 Å². The first kappa shape index (κ1) is 16.2. The van der Waals surface area contributed by atoms with Crippen molar-refractivity contribution in [1.82, 2.24) is 15.1 Å². The number of hydrogen-bond acceptors (Lipinski definition) is 5. The maximum absolute atomic E-state index is 11.8. The summed E-state index contributed by atoms with van der Waals surface area (Å²) in [6, 6.07) is 1.40. The van der Waals surface area contributed by atoms with Gasteiger partial charge in [0.15, 0.2) is 0 Å². The van der Waals surface area contributed by atoms with Gasteiger partial charge in [-0.3, -0.25) is 9.59 Å². The molecule has 3 N–H and O–H groups in total. The van der Waals surface area contributed by atoms with Crippen molar-refractivity contribution in [3.63, 3.8) is 0 Å². The summed E-state index contributed by atoms with van der Waals surface area (Å²) >= 11 is 0. The Morgan fingerprint density at radius 1 is 1.60 bits per heavy atom. The van der Waals surface area contributed by atoms with Crippen molar-refractivity contribution in [1.29, 1.82) is 0 Å². The van der Waals surface area contributed by atoms with Gasteiger partial charge in [-0.15, -0.1) is 0 Å². The highest BCUT2D eigenvalue weighted by Gasteiger charge is 2.09. The summed E-state index contributed by atoms with van der Waals surface area (Å²) in [5, 5.41) is 6.70. The zero-order chi connectivity index (χ0) is 15.0. The van der Waals surface area contributed by atoms with Gasteiger partial charge < -0.3 is 15.8 Å². The van der Waals surface area contributed by atoms with Crippen LogP contribution >= 0.6 is 0 Å². The second kappa shape index (κ2) is 8.31. The van der Waals surface area contributed by atoms with Crippen LogP contribution in [0.2, 0.25) is 0 Å². The number of carbonyl (C=O) groups is 1. The van der Waals surface area contributed by atoms with Crippen LogP contribution in [-0.4, -0.2) is 34.9 Å².